The molecule has 2 rings (SSSR count). The zero-order valence-corrected chi connectivity index (χ0v) is 13.7. The lowest BCUT2D eigenvalue weighted by Gasteiger charge is -2.33. The van der Waals surface area contributed by atoms with Crippen molar-refractivity contribution >= 4 is 5.91 Å². The molecule has 0 radical (unpaired) electrons. The SMILES string of the molecule is Cc1ccc(C(=O)NCC(C)(O)CN2CCOCC2)c(C)c1. The first-order valence-electron chi connectivity index (χ1n) is 7.75. The minimum absolute atomic E-state index is 0.139. The zero-order valence-electron chi connectivity index (χ0n) is 13.7. The lowest BCUT2D eigenvalue weighted by molar-refractivity contribution is -0.0213. The molecule has 1 heterocycles. The number of carbonyl (C=O) groups is 1. The number of amides is 1. The minimum atomic E-state index is -0.953. The van der Waals surface area contributed by atoms with Gasteiger partial charge in [0.2, 0.25) is 0 Å². The number of hydrogen-bond acceptors (Lipinski definition) is 4. The van der Waals surface area contributed by atoms with E-state index in [1.54, 1.807) is 6.92 Å². The molecule has 0 aromatic heterocycles. The third-order valence-electron chi connectivity index (χ3n) is 3.92. The summed E-state index contributed by atoms with van der Waals surface area (Å²) in [6.45, 7) is 9.48. The molecule has 2 N–H and O–H groups in total. The van der Waals surface area contributed by atoms with Gasteiger partial charge in [0.15, 0.2) is 0 Å². The summed E-state index contributed by atoms with van der Waals surface area (Å²) in [5.74, 6) is -0.139. The Balaban J connectivity index is 1.88. The van der Waals surface area contributed by atoms with Gasteiger partial charge in [0.05, 0.1) is 18.8 Å². The van der Waals surface area contributed by atoms with Gasteiger partial charge in [0, 0.05) is 31.7 Å². The van der Waals surface area contributed by atoms with E-state index in [0.29, 0.717) is 25.3 Å². The maximum atomic E-state index is 12.3. The number of nitrogens with one attached hydrogen (secondary N) is 1. The summed E-state index contributed by atoms with van der Waals surface area (Å²) < 4.78 is 5.30. The number of aliphatic hydroxyl groups is 1. The van der Waals surface area contributed by atoms with E-state index >= 15 is 0 Å². The summed E-state index contributed by atoms with van der Waals surface area (Å²) >= 11 is 0. The van der Waals surface area contributed by atoms with E-state index in [4.69, 9.17) is 4.74 Å². The van der Waals surface area contributed by atoms with Crippen LogP contribution in [0.5, 0.6) is 0 Å². The second-order valence-electron chi connectivity index (χ2n) is 6.39. The van der Waals surface area contributed by atoms with Gasteiger partial charge in [-0.1, -0.05) is 17.7 Å². The van der Waals surface area contributed by atoms with Crippen molar-refractivity contribution in [3.63, 3.8) is 0 Å². The quantitative estimate of drug-likeness (QED) is 0.856. The van der Waals surface area contributed by atoms with E-state index in [-0.39, 0.29) is 12.5 Å². The van der Waals surface area contributed by atoms with E-state index in [0.717, 1.165) is 24.2 Å². The van der Waals surface area contributed by atoms with Crippen molar-refractivity contribution in [1.29, 1.82) is 0 Å². The van der Waals surface area contributed by atoms with Crippen LogP contribution in [0.15, 0.2) is 18.2 Å². The Bertz CT molecular complexity index is 523. The molecule has 0 aliphatic carbocycles. The molecule has 1 unspecified atom stereocenters. The van der Waals surface area contributed by atoms with E-state index < -0.39 is 5.60 Å². The van der Waals surface area contributed by atoms with Crippen LogP contribution < -0.4 is 5.32 Å². The number of β-amino-alcohol motifs (C(OH)–C–C–N with tert-alkyl or cyclic N) is 1. The van der Waals surface area contributed by atoms with Gasteiger partial charge < -0.3 is 15.2 Å². The van der Waals surface area contributed by atoms with E-state index in [9.17, 15) is 9.90 Å². The molecule has 1 aliphatic heterocycles. The molecule has 5 nitrogen and oxygen atoms in total. The van der Waals surface area contributed by atoms with Crippen LogP contribution in [0.4, 0.5) is 0 Å². The fourth-order valence-corrected chi connectivity index (χ4v) is 2.73. The summed E-state index contributed by atoms with van der Waals surface area (Å²) in [4.78, 5) is 14.4. The number of morpholine rings is 1. The Morgan fingerprint density at radius 1 is 1.36 bits per heavy atom. The van der Waals surface area contributed by atoms with Crippen LogP contribution >= 0.6 is 0 Å². The van der Waals surface area contributed by atoms with Crippen molar-refractivity contribution in [3.05, 3.63) is 34.9 Å². The number of benzene rings is 1. The Morgan fingerprint density at radius 2 is 2.05 bits per heavy atom. The average Bonchev–Trinajstić information content (AvgIpc) is 2.45. The first-order chi connectivity index (χ1) is 10.4. The highest BCUT2D eigenvalue weighted by Gasteiger charge is 2.26. The summed E-state index contributed by atoms with van der Waals surface area (Å²) in [6, 6.07) is 5.74. The number of aryl methyl sites for hydroxylation is 2. The minimum Gasteiger partial charge on any atom is -0.387 e. The number of hydrogen-bond donors (Lipinski definition) is 2. The Labute approximate surface area is 132 Å². The van der Waals surface area contributed by atoms with Crippen molar-refractivity contribution < 1.29 is 14.6 Å². The summed E-state index contributed by atoms with van der Waals surface area (Å²) in [5.41, 5.74) is 1.79. The summed E-state index contributed by atoms with van der Waals surface area (Å²) in [7, 11) is 0. The Morgan fingerprint density at radius 3 is 2.68 bits per heavy atom. The average molecular weight is 306 g/mol. The fourth-order valence-electron chi connectivity index (χ4n) is 2.73. The predicted molar refractivity (Wildman–Crippen MR) is 86.1 cm³/mol. The van der Waals surface area contributed by atoms with Gasteiger partial charge in [-0.3, -0.25) is 9.69 Å². The maximum Gasteiger partial charge on any atom is 0.251 e. The smallest absolute Gasteiger partial charge is 0.251 e. The third kappa shape index (κ3) is 4.80. The van der Waals surface area contributed by atoms with Crippen LogP contribution in [0.3, 0.4) is 0 Å². The van der Waals surface area contributed by atoms with Gasteiger partial charge in [-0.15, -0.1) is 0 Å². The molecule has 0 bridgehead atoms. The van der Waals surface area contributed by atoms with Crippen molar-refractivity contribution in [1.82, 2.24) is 10.2 Å². The summed E-state index contributed by atoms with van der Waals surface area (Å²) in [5, 5.41) is 13.3. The monoisotopic (exact) mass is 306 g/mol. The molecule has 5 heteroatoms. The highest BCUT2D eigenvalue weighted by molar-refractivity contribution is 5.95. The second-order valence-corrected chi connectivity index (χ2v) is 6.39. The van der Waals surface area contributed by atoms with Crippen molar-refractivity contribution in [2.24, 2.45) is 0 Å². The second kappa shape index (κ2) is 7.22. The molecule has 1 aliphatic rings. The molecular weight excluding hydrogens is 280 g/mol. The largest absolute Gasteiger partial charge is 0.387 e. The number of carbonyl (C=O) groups excluding carboxylic acids is 1. The van der Waals surface area contributed by atoms with Crippen molar-refractivity contribution in [3.8, 4) is 0 Å². The molecule has 1 atom stereocenters. The summed E-state index contributed by atoms with van der Waals surface area (Å²) in [6.07, 6.45) is 0. The predicted octanol–water partition coefficient (Wildman–Crippen LogP) is 1.12. The first kappa shape index (κ1) is 16.9. The molecular formula is C17H26N2O3. The lowest BCUT2D eigenvalue weighted by atomic mass is 10.0. The molecule has 122 valence electrons. The van der Waals surface area contributed by atoms with Gasteiger partial charge in [-0.2, -0.15) is 0 Å². The van der Waals surface area contributed by atoms with Crippen LogP contribution in [-0.2, 0) is 4.74 Å². The highest BCUT2D eigenvalue weighted by Crippen LogP contribution is 2.12. The van der Waals surface area contributed by atoms with Gasteiger partial charge in [-0.05, 0) is 32.4 Å². The molecule has 0 spiro atoms. The Kier molecular flexibility index (Phi) is 5.56. The van der Waals surface area contributed by atoms with Crippen LogP contribution in [-0.4, -0.2) is 60.9 Å². The van der Waals surface area contributed by atoms with Gasteiger partial charge in [0.1, 0.15) is 0 Å². The molecule has 0 saturated carbocycles. The number of nitrogens with zero attached hydrogens (tertiary/aromatic N) is 1. The molecule has 1 amide bonds. The molecule has 22 heavy (non-hydrogen) atoms. The molecule has 1 aromatic rings. The highest BCUT2D eigenvalue weighted by atomic mass is 16.5. The fraction of sp³-hybridized carbons (Fsp3) is 0.588. The number of rotatable bonds is 5. The van der Waals surface area contributed by atoms with E-state index in [1.807, 2.05) is 32.0 Å². The first-order valence-corrected chi connectivity index (χ1v) is 7.75. The van der Waals surface area contributed by atoms with Gasteiger partial charge >= 0.3 is 0 Å². The van der Waals surface area contributed by atoms with Crippen LogP contribution in [0, 0.1) is 13.8 Å². The topological polar surface area (TPSA) is 61.8 Å². The standard InChI is InChI=1S/C17H26N2O3/c1-13-4-5-15(14(2)10-13)16(20)18-11-17(3,21)12-19-6-8-22-9-7-19/h4-5,10,21H,6-9,11-12H2,1-3H3,(H,18,20). The van der Waals surface area contributed by atoms with E-state index in [1.165, 1.54) is 0 Å². The van der Waals surface area contributed by atoms with Gasteiger partial charge in [0.25, 0.3) is 5.91 Å². The third-order valence-corrected chi connectivity index (χ3v) is 3.92. The van der Waals surface area contributed by atoms with Crippen molar-refractivity contribution in [2.45, 2.75) is 26.4 Å². The number of ether oxygens (including phenoxy) is 1. The maximum absolute atomic E-state index is 12.3. The van der Waals surface area contributed by atoms with Gasteiger partial charge in [-0.25, -0.2) is 0 Å². The molecule has 1 aromatic carbocycles. The zero-order chi connectivity index (χ0) is 16.2. The van der Waals surface area contributed by atoms with Crippen LogP contribution in [0.25, 0.3) is 0 Å². The molecule has 1 saturated heterocycles. The van der Waals surface area contributed by atoms with E-state index in [2.05, 4.69) is 10.2 Å². The normalized spacial score (nSPS) is 18.7. The van der Waals surface area contributed by atoms with Crippen molar-refractivity contribution in [2.75, 3.05) is 39.4 Å². The lowest BCUT2D eigenvalue weighted by Crippen LogP contribution is -2.51. The van der Waals surface area contributed by atoms with Crippen LogP contribution in [0.1, 0.15) is 28.4 Å². The van der Waals surface area contributed by atoms with Crippen LogP contribution in [0.2, 0.25) is 0 Å². The molecule has 1 fully saturated rings. The Hall–Kier alpha value is -1.43.